The molecule has 0 aliphatic heterocycles. The van der Waals surface area contributed by atoms with Crippen LogP contribution in [0.2, 0.25) is 0 Å². The van der Waals surface area contributed by atoms with E-state index >= 15 is 0 Å². The Morgan fingerprint density at radius 2 is 1.90 bits per heavy atom. The van der Waals surface area contributed by atoms with Crippen LogP contribution in [0.3, 0.4) is 0 Å². The van der Waals surface area contributed by atoms with Gasteiger partial charge < -0.3 is 14.8 Å². The molecule has 5 heteroatoms. The normalized spacial score (nSPS) is 10.8. The van der Waals surface area contributed by atoms with Crippen LogP contribution in [0.5, 0.6) is 11.6 Å². The van der Waals surface area contributed by atoms with Crippen LogP contribution in [-0.2, 0) is 13.6 Å². The molecular weight excluding hydrogens is 266 g/mol. The molecule has 0 saturated carbocycles. The summed E-state index contributed by atoms with van der Waals surface area (Å²) in [5.41, 5.74) is 3.08. The number of hydrogen-bond acceptors (Lipinski definition) is 4. The van der Waals surface area contributed by atoms with Crippen LogP contribution in [-0.4, -0.2) is 23.0 Å². The summed E-state index contributed by atoms with van der Waals surface area (Å²) in [4.78, 5) is 0. The van der Waals surface area contributed by atoms with Crippen molar-refractivity contribution in [1.82, 2.24) is 9.78 Å². The van der Waals surface area contributed by atoms with Gasteiger partial charge in [-0.05, 0) is 45.0 Å². The second kappa shape index (κ2) is 6.52. The minimum absolute atomic E-state index is 0.186. The lowest BCUT2D eigenvalue weighted by atomic mass is 10.2. The summed E-state index contributed by atoms with van der Waals surface area (Å²) in [6.45, 7) is 6.69. The van der Waals surface area contributed by atoms with Crippen molar-refractivity contribution in [2.45, 2.75) is 33.4 Å². The van der Waals surface area contributed by atoms with E-state index in [2.05, 4.69) is 10.4 Å². The predicted octanol–water partition coefficient (Wildman–Crippen LogP) is 3.14. The summed E-state index contributed by atoms with van der Waals surface area (Å²) in [5.74, 6) is 1.67. The van der Waals surface area contributed by atoms with E-state index in [1.165, 1.54) is 0 Å². The monoisotopic (exact) mass is 289 g/mol. The standard InChI is InChI=1S/C16H23N3O2/c1-11(2)21-14-8-6-13(7-9-14)17-10-15-12(3)18-19(4)16(15)20-5/h6-9,11,17H,10H2,1-5H3. The number of hydrogen-bond donors (Lipinski definition) is 1. The fourth-order valence-electron chi connectivity index (χ4n) is 2.25. The smallest absolute Gasteiger partial charge is 0.216 e. The summed E-state index contributed by atoms with van der Waals surface area (Å²) in [6, 6.07) is 7.96. The molecule has 0 spiro atoms. The molecule has 0 saturated heterocycles. The number of aromatic nitrogens is 2. The highest BCUT2D eigenvalue weighted by molar-refractivity contribution is 5.47. The fourth-order valence-corrected chi connectivity index (χ4v) is 2.25. The van der Waals surface area contributed by atoms with E-state index in [4.69, 9.17) is 9.47 Å². The van der Waals surface area contributed by atoms with Gasteiger partial charge in [-0.1, -0.05) is 0 Å². The van der Waals surface area contributed by atoms with Crippen molar-refractivity contribution >= 4 is 5.69 Å². The molecule has 2 rings (SSSR count). The maximum absolute atomic E-state index is 5.63. The number of rotatable bonds is 6. The van der Waals surface area contributed by atoms with Crippen molar-refractivity contribution < 1.29 is 9.47 Å². The van der Waals surface area contributed by atoms with Gasteiger partial charge in [0.1, 0.15) is 5.75 Å². The zero-order chi connectivity index (χ0) is 15.4. The van der Waals surface area contributed by atoms with Crippen LogP contribution in [0.25, 0.3) is 0 Å². The van der Waals surface area contributed by atoms with E-state index in [9.17, 15) is 0 Å². The maximum atomic E-state index is 5.63. The molecule has 1 heterocycles. The van der Waals surface area contributed by atoms with Gasteiger partial charge in [0.2, 0.25) is 5.88 Å². The lowest BCUT2D eigenvalue weighted by molar-refractivity contribution is 0.242. The minimum atomic E-state index is 0.186. The SMILES string of the molecule is COc1c(CNc2ccc(OC(C)C)cc2)c(C)nn1C. The molecule has 5 nitrogen and oxygen atoms in total. The highest BCUT2D eigenvalue weighted by Gasteiger charge is 2.13. The molecule has 0 bridgehead atoms. The molecule has 0 fully saturated rings. The van der Waals surface area contributed by atoms with Crippen LogP contribution in [0.4, 0.5) is 5.69 Å². The molecule has 0 atom stereocenters. The average Bonchev–Trinajstić information content (AvgIpc) is 2.71. The number of anilines is 1. The number of benzene rings is 1. The van der Waals surface area contributed by atoms with E-state index in [0.717, 1.165) is 28.6 Å². The Morgan fingerprint density at radius 1 is 1.24 bits per heavy atom. The lowest BCUT2D eigenvalue weighted by Gasteiger charge is -2.11. The largest absolute Gasteiger partial charge is 0.491 e. The lowest BCUT2D eigenvalue weighted by Crippen LogP contribution is -2.06. The number of nitrogens with one attached hydrogen (secondary N) is 1. The Bertz CT molecular complexity index is 588. The summed E-state index contributed by atoms with van der Waals surface area (Å²) in [7, 11) is 3.55. The first-order valence-electron chi connectivity index (χ1n) is 7.08. The summed E-state index contributed by atoms with van der Waals surface area (Å²) in [6.07, 6.45) is 0.186. The molecule has 0 radical (unpaired) electrons. The second-order valence-corrected chi connectivity index (χ2v) is 5.24. The third kappa shape index (κ3) is 3.68. The van der Waals surface area contributed by atoms with Gasteiger partial charge in [0.25, 0.3) is 0 Å². The number of ether oxygens (including phenoxy) is 2. The quantitative estimate of drug-likeness (QED) is 0.887. The third-order valence-electron chi connectivity index (χ3n) is 3.18. The number of nitrogens with zero attached hydrogens (tertiary/aromatic N) is 2. The van der Waals surface area contributed by atoms with Crippen molar-refractivity contribution in [2.24, 2.45) is 7.05 Å². The van der Waals surface area contributed by atoms with Crippen LogP contribution in [0.1, 0.15) is 25.1 Å². The van der Waals surface area contributed by atoms with Crippen LogP contribution < -0.4 is 14.8 Å². The molecule has 21 heavy (non-hydrogen) atoms. The van der Waals surface area contributed by atoms with Gasteiger partial charge in [-0.25, -0.2) is 4.68 Å². The molecule has 0 unspecified atom stereocenters. The second-order valence-electron chi connectivity index (χ2n) is 5.24. The van der Waals surface area contributed by atoms with Gasteiger partial charge in [-0.2, -0.15) is 5.10 Å². The summed E-state index contributed by atoms with van der Waals surface area (Å²) in [5, 5.41) is 7.75. The van der Waals surface area contributed by atoms with E-state index in [1.807, 2.05) is 52.1 Å². The molecule has 1 aromatic carbocycles. The fraction of sp³-hybridized carbons (Fsp3) is 0.438. The van der Waals surface area contributed by atoms with Gasteiger partial charge in [0.15, 0.2) is 0 Å². The molecule has 114 valence electrons. The molecule has 1 aromatic heterocycles. The first-order chi connectivity index (χ1) is 10.0. The van der Waals surface area contributed by atoms with Crippen molar-refractivity contribution in [2.75, 3.05) is 12.4 Å². The van der Waals surface area contributed by atoms with Crippen molar-refractivity contribution in [1.29, 1.82) is 0 Å². The Labute approximate surface area is 125 Å². The van der Waals surface area contributed by atoms with Crippen LogP contribution >= 0.6 is 0 Å². The van der Waals surface area contributed by atoms with E-state index in [-0.39, 0.29) is 6.10 Å². The van der Waals surface area contributed by atoms with E-state index in [1.54, 1.807) is 11.8 Å². The topological polar surface area (TPSA) is 48.3 Å². The van der Waals surface area contributed by atoms with Gasteiger partial charge >= 0.3 is 0 Å². The van der Waals surface area contributed by atoms with E-state index in [0.29, 0.717) is 6.54 Å². The highest BCUT2D eigenvalue weighted by atomic mass is 16.5. The first-order valence-corrected chi connectivity index (χ1v) is 7.08. The van der Waals surface area contributed by atoms with Crippen molar-refractivity contribution in [3.05, 3.63) is 35.5 Å². The predicted molar refractivity (Wildman–Crippen MR) is 84.0 cm³/mol. The molecule has 0 amide bonds. The van der Waals surface area contributed by atoms with Crippen molar-refractivity contribution in [3.63, 3.8) is 0 Å². The van der Waals surface area contributed by atoms with Crippen LogP contribution in [0.15, 0.2) is 24.3 Å². The van der Waals surface area contributed by atoms with Gasteiger partial charge in [-0.15, -0.1) is 0 Å². The summed E-state index contributed by atoms with van der Waals surface area (Å²) < 4.78 is 12.8. The number of methoxy groups -OCH3 is 1. The number of aryl methyl sites for hydroxylation is 2. The Balaban J connectivity index is 2.03. The van der Waals surface area contributed by atoms with Gasteiger partial charge in [0.05, 0.1) is 24.5 Å². The highest BCUT2D eigenvalue weighted by Crippen LogP contribution is 2.23. The Kier molecular flexibility index (Phi) is 4.73. The van der Waals surface area contributed by atoms with Crippen LogP contribution in [0, 0.1) is 6.92 Å². The van der Waals surface area contributed by atoms with E-state index < -0.39 is 0 Å². The molecular formula is C16H23N3O2. The summed E-state index contributed by atoms with van der Waals surface area (Å²) >= 11 is 0. The zero-order valence-corrected chi connectivity index (χ0v) is 13.3. The average molecular weight is 289 g/mol. The molecule has 2 aromatic rings. The molecule has 0 aliphatic carbocycles. The maximum Gasteiger partial charge on any atom is 0.216 e. The van der Waals surface area contributed by atoms with Gasteiger partial charge in [-0.3, -0.25) is 0 Å². The Morgan fingerprint density at radius 3 is 2.48 bits per heavy atom. The first kappa shape index (κ1) is 15.2. The Hall–Kier alpha value is -2.17. The molecule has 0 aliphatic rings. The zero-order valence-electron chi connectivity index (χ0n) is 13.3. The van der Waals surface area contributed by atoms with Gasteiger partial charge in [0, 0.05) is 19.3 Å². The minimum Gasteiger partial charge on any atom is -0.491 e. The molecule has 1 N–H and O–H groups in total. The third-order valence-corrected chi connectivity index (χ3v) is 3.18. The van der Waals surface area contributed by atoms with Crippen molar-refractivity contribution in [3.8, 4) is 11.6 Å².